The highest BCUT2D eigenvalue weighted by atomic mass is 35.5. The molecular formula is C21H27ClN2O2S2. The summed E-state index contributed by atoms with van der Waals surface area (Å²) in [5, 5.41) is 0.604. The second-order valence-corrected chi connectivity index (χ2v) is 10.3. The highest BCUT2D eigenvalue weighted by Crippen LogP contribution is 2.48. The van der Waals surface area contributed by atoms with Crippen LogP contribution in [0.3, 0.4) is 0 Å². The normalized spacial score (nSPS) is 17.8. The Morgan fingerprint density at radius 2 is 1.96 bits per heavy atom. The van der Waals surface area contributed by atoms with E-state index in [-0.39, 0.29) is 11.2 Å². The number of aromatic nitrogens is 1. The maximum absolute atomic E-state index is 6.34. The van der Waals surface area contributed by atoms with Crippen molar-refractivity contribution >= 4 is 40.1 Å². The molecule has 0 saturated carbocycles. The molecule has 0 unspecified atom stereocenters. The van der Waals surface area contributed by atoms with Crippen LogP contribution in [-0.2, 0) is 22.5 Å². The van der Waals surface area contributed by atoms with E-state index in [1.54, 1.807) is 30.6 Å². The summed E-state index contributed by atoms with van der Waals surface area (Å²) in [6, 6.07) is 5.40. The van der Waals surface area contributed by atoms with Gasteiger partial charge in [0.15, 0.2) is 4.80 Å². The van der Waals surface area contributed by atoms with E-state index < -0.39 is 0 Å². The molecule has 0 spiro atoms. The fourth-order valence-electron chi connectivity index (χ4n) is 3.76. The number of halogens is 1. The van der Waals surface area contributed by atoms with E-state index in [9.17, 15) is 0 Å². The van der Waals surface area contributed by atoms with E-state index in [2.05, 4.69) is 46.1 Å². The van der Waals surface area contributed by atoms with Crippen LogP contribution in [0.15, 0.2) is 23.2 Å². The molecular weight excluding hydrogens is 412 g/mol. The molecule has 0 N–H and O–H groups in total. The summed E-state index contributed by atoms with van der Waals surface area (Å²) >= 11 is 13.5. The fraction of sp³-hybridized carbons (Fsp3) is 0.524. The Bertz CT molecular complexity index is 987. The molecule has 0 bridgehead atoms. The van der Waals surface area contributed by atoms with Crippen LogP contribution >= 0.6 is 35.2 Å². The minimum absolute atomic E-state index is 0.356. The van der Waals surface area contributed by atoms with Gasteiger partial charge in [0.05, 0.1) is 28.8 Å². The number of hydrogen-bond acceptors (Lipinski definition) is 4. The molecule has 0 fully saturated rings. The first-order valence-electron chi connectivity index (χ1n) is 9.33. The predicted molar refractivity (Wildman–Crippen MR) is 120 cm³/mol. The van der Waals surface area contributed by atoms with Gasteiger partial charge in [0.2, 0.25) is 0 Å². The number of hydrogen-bond donors (Lipinski definition) is 0. The highest BCUT2D eigenvalue weighted by molar-refractivity contribution is 7.80. The van der Waals surface area contributed by atoms with Crippen molar-refractivity contribution in [2.75, 3.05) is 7.11 Å². The number of benzene rings is 1. The molecule has 1 aromatic carbocycles. The van der Waals surface area contributed by atoms with Crippen LogP contribution in [0.25, 0.3) is 0 Å². The summed E-state index contributed by atoms with van der Waals surface area (Å²) in [5.74, 6) is 1.13. The smallest absolute Gasteiger partial charge is 0.191 e. The van der Waals surface area contributed by atoms with Crippen LogP contribution < -0.4 is 9.54 Å². The van der Waals surface area contributed by atoms with E-state index in [4.69, 9.17) is 38.3 Å². The van der Waals surface area contributed by atoms with E-state index in [0.29, 0.717) is 21.7 Å². The molecule has 28 heavy (non-hydrogen) atoms. The van der Waals surface area contributed by atoms with Crippen LogP contribution in [0, 0.1) is 5.92 Å². The van der Waals surface area contributed by atoms with Crippen LogP contribution in [0.5, 0.6) is 5.75 Å². The number of thiocarbonyl (C=S) groups is 1. The van der Waals surface area contributed by atoms with Gasteiger partial charge in [-0.3, -0.25) is 0 Å². The molecule has 2 heterocycles. The Kier molecular flexibility index (Phi) is 5.80. The van der Waals surface area contributed by atoms with Gasteiger partial charge in [0, 0.05) is 11.6 Å². The standard InChI is InChI=1S/C21H27ClN2O2S2/c1-12(2)11-24-16-17(21(5,6)26-20(16,3)4)28-19(24)23-18(27)14-10-13(22)8-9-15(14)25-7/h8-10,12H,11H2,1-7H3/b23-19-. The number of ether oxygens (including phenoxy) is 2. The predicted octanol–water partition coefficient (Wildman–Crippen LogP) is 5.64. The molecule has 4 nitrogen and oxygen atoms in total. The fourth-order valence-corrected chi connectivity index (χ4v) is 5.58. The Morgan fingerprint density at radius 1 is 1.29 bits per heavy atom. The third-order valence-corrected chi connectivity index (χ3v) is 6.60. The lowest BCUT2D eigenvalue weighted by Gasteiger charge is -2.26. The van der Waals surface area contributed by atoms with Gasteiger partial charge in [-0.25, -0.2) is 4.99 Å². The van der Waals surface area contributed by atoms with Crippen molar-refractivity contribution < 1.29 is 9.47 Å². The van der Waals surface area contributed by atoms with Gasteiger partial charge in [-0.1, -0.05) is 49.0 Å². The van der Waals surface area contributed by atoms with E-state index in [1.807, 2.05) is 6.07 Å². The summed E-state index contributed by atoms with van der Waals surface area (Å²) in [4.78, 5) is 7.40. The van der Waals surface area contributed by atoms with Gasteiger partial charge in [0.1, 0.15) is 16.3 Å². The van der Waals surface area contributed by atoms with Gasteiger partial charge >= 0.3 is 0 Å². The van der Waals surface area contributed by atoms with Crippen molar-refractivity contribution in [1.29, 1.82) is 0 Å². The molecule has 152 valence electrons. The van der Waals surface area contributed by atoms with Gasteiger partial charge in [-0.05, 0) is 51.8 Å². The van der Waals surface area contributed by atoms with E-state index in [1.165, 1.54) is 10.6 Å². The first-order valence-corrected chi connectivity index (χ1v) is 10.9. The summed E-state index contributed by atoms with van der Waals surface area (Å²) < 4.78 is 14.1. The largest absolute Gasteiger partial charge is 0.496 e. The van der Waals surface area contributed by atoms with E-state index in [0.717, 1.165) is 16.9 Å². The summed E-state index contributed by atoms with van der Waals surface area (Å²) in [6.45, 7) is 13.7. The second-order valence-electron chi connectivity index (χ2n) is 8.45. The highest BCUT2D eigenvalue weighted by Gasteiger charge is 2.47. The van der Waals surface area contributed by atoms with Crippen molar-refractivity contribution in [2.24, 2.45) is 10.9 Å². The van der Waals surface area contributed by atoms with Crippen molar-refractivity contribution in [3.05, 3.63) is 44.2 Å². The van der Waals surface area contributed by atoms with E-state index >= 15 is 0 Å². The second kappa shape index (κ2) is 7.56. The average molecular weight is 439 g/mol. The Labute approximate surface area is 181 Å². The molecule has 0 radical (unpaired) electrons. The van der Waals surface area contributed by atoms with Gasteiger partial charge in [-0.15, -0.1) is 0 Å². The summed E-state index contributed by atoms with van der Waals surface area (Å²) in [6.07, 6.45) is 0. The number of rotatable bonds is 4. The first-order chi connectivity index (χ1) is 13.0. The molecule has 0 saturated heterocycles. The van der Waals surface area contributed by atoms with Gasteiger partial charge < -0.3 is 14.0 Å². The first kappa shape index (κ1) is 21.5. The zero-order valence-corrected chi connectivity index (χ0v) is 19.8. The lowest BCUT2D eigenvalue weighted by atomic mass is 10.0. The van der Waals surface area contributed by atoms with Crippen molar-refractivity contribution in [3.8, 4) is 5.75 Å². The minimum atomic E-state index is -0.382. The zero-order valence-electron chi connectivity index (χ0n) is 17.4. The van der Waals surface area contributed by atoms with Crippen LogP contribution in [0.1, 0.15) is 57.7 Å². The molecule has 1 aliphatic rings. The Hall–Kier alpha value is -1.21. The maximum Gasteiger partial charge on any atom is 0.191 e. The lowest BCUT2D eigenvalue weighted by Crippen LogP contribution is -2.30. The zero-order chi connectivity index (χ0) is 20.9. The number of thiazole rings is 1. The van der Waals surface area contributed by atoms with Crippen molar-refractivity contribution in [1.82, 2.24) is 4.57 Å². The molecule has 0 atom stereocenters. The quantitative estimate of drug-likeness (QED) is 0.579. The minimum Gasteiger partial charge on any atom is -0.496 e. The lowest BCUT2D eigenvalue weighted by molar-refractivity contribution is -0.106. The number of methoxy groups -OCH3 is 1. The SMILES string of the molecule is COc1ccc(Cl)cc1C(=S)/N=c1\sc2c(n1CC(C)C)C(C)(C)OC2(C)C. The summed E-state index contributed by atoms with van der Waals surface area (Å²) in [7, 11) is 1.62. The van der Waals surface area contributed by atoms with Crippen LogP contribution in [0.2, 0.25) is 5.02 Å². The monoisotopic (exact) mass is 438 g/mol. The number of nitrogens with zero attached hydrogens (tertiary/aromatic N) is 2. The van der Waals surface area contributed by atoms with Crippen molar-refractivity contribution in [3.63, 3.8) is 0 Å². The molecule has 2 aromatic rings. The van der Waals surface area contributed by atoms with Crippen LogP contribution in [0.4, 0.5) is 0 Å². The Balaban J connectivity index is 2.20. The molecule has 0 aliphatic carbocycles. The number of fused-ring (bicyclic) bond motifs is 1. The molecule has 3 rings (SSSR count). The maximum atomic E-state index is 6.34. The molecule has 1 aromatic heterocycles. The molecule has 7 heteroatoms. The summed E-state index contributed by atoms with van der Waals surface area (Å²) in [5.41, 5.74) is 1.18. The topological polar surface area (TPSA) is 35.8 Å². The van der Waals surface area contributed by atoms with Crippen LogP contribution in [-0.4, -0.2) is 16.7 Å². The Morgan fingerprint density at radius 3 is 2.57 bits per heavy atom. The molecule has 1 aliphatic heterocycles. The molecule has 0 amide bonds. The van der Waals surface area contributed by atoms with Gasteiger partial charge in [0.25, 0.3) is 0 Å². The van der Waals surface area contributed by atoms with Gasteiger partial charge in [-0.2, -0.15) is 0 Å². The average Bonchev–Trinajstić information content (AvgIpc) is 3.01. The third-order valence-electron chi connectivity index (χ3n) is 4.67. The third kappa shape index (κ3) is 3.92. The van der Waals surface area contributed by atoms with Crippen molar-refractivity contribution in [2.45, 2.75) is 59.3 Å².